The molecule has 0 saturated heterocycles. The van der Waals surface area contributed by atoms with Crippen molar-refractivity contribution in [3.05, 3.63) is 23.0 Å². The van der Waals surface area contributed by atoms with E-state index in [1.807, 2.05) is 0 Å². The first kappa shape index (κ1) is 13.8. The monoisotopic (exact) mass is 308 g/mol. The third kappa shape index (κ3) is 3.12. The molecule has 7 heteroatoms. The highest BCUT2D eigenvalue weighted by molar-refractivity contribution is 9.08. The topological polar surface area (TPSA) is 65.2 Å². The Morgan fingerprint density at radius 2 is 2.29 bits per heavy atom. The Balaban J connectivity index is 3.26. The number of hydrogen-bond donors (Lipinski definition) is 1. The number of nitrogens with two attached hydrogens (primary N) is 1. The van der Waals surface area contributed by atoms with Gasteiger partial charge in [-0.15, -0.1) is 0 Å². The molecular weight excluding hydrogens is 298 g/mol. The van der Waals surface area contributed by atoms with Gasteiger partial charge in [0.05, 0.1) is 12.3 Å². The molecule has 1 aromatic rings. The highest BCUT2D eigenvalue weighted by atomic mass is 79.9. The third-order valence-corrected chi connectivity index (χ3v) is 2.59. The van der Waals surface area contributed by atoms with E-state index in [1.54, 1.807) is 6.92 Å². The van der Waals surface area contributed by atoms with Gasteiger partial charge in [0.25, 0.3) is 6.43 Å². The molecule has 0 aromatic carbocycles. The molecule has 94 valence electrons. The van der Waals surface area contributed by atoms with Crippen molar-refractivity contribution in [1.29, 1.82) is 0 Å². The van der Waals surface area contributed by atoms with Crippen LogP contribution in [0.25, 0.3) is 0 Å². The van der Waals surface area contributed by atoms with Crippen LogP contribution in [0.5, 0.6) is 0 Å². The molecule has 0 radical (unpaired) electrons. The number of pyridine rings is 1. The number of hydrogen-bond acceptors (Lipinski definition) is 4. The van der Waals surface area contributed by atoms with Crippen LogP contribution in [0.15, 0.2) is 6.07 Å². The molecule has 1 heterocycles. The van der Waals surface area contributed by atoms with Crippen LogP contribution in [0.2, 0.25) is 0 Å². The first-order chi connectivity index (χ1) is 8.01. The van der Waals surface area contributed by atoms with E-state index in [-0.39, 0.29) is 23.3 Å². The summed E-state index contributed by atoms with van der Waals surface area (Å²) >= 11 is 3.13. The van der Waals surface area contributed by atoms with Crippen molar-refractivity contribution in [2.75, 3.05) is 12.3 Å². The van der Waals surface area contributed by atoms with Gasteiger partial charge in [-0.25, -0.2) is 18.6 Å². The zero-order chi connectivity index (χ0) is 13.0. The minimum absolute atomic E-state index is 0.131. The highest BCUT2D eigenvalue weighted by Gasteiger charge is 2.21. The number of carbonyl (C=O) groups excluding carboxylic acids is 1. The van der Waals surface area contributed by atoms with E-state index in [2.05, 4.69) is 20.9 Å². The van der Waals surface area contributed by atoms with Gasteiger partial charge >= 0.3 is 5.97 Å². The van der Waals surface area contributed by atoms with Crippen LogP contribution >= 0.6 is 15.9 Å². The Morgan fingerprint density at radius 3 is 2.76 bits per heavy atom. The maximum Gasteiger partial charge on any atom is 0.357 e. The molecule has 0 atom stereocenters. The number of alkyl halides is 3. The molecule has 17 heavy (non-hydrogen) atoms. The van der Waals surface area contributed by atoms with Gasteiger partial charge in [-0.2, -0.15) is 0 Å². The van der Waals surface area contributed by atoms with Crippen molar-refractivity contribution in [2.24, 2.45) is 0 Å². The van der Waals surface area contributed by atoms with Crippen LogP contribution in [0, 0.1) is 0 Å². The number of rotatable bonds is 4. The summed E-state index contributed by atoms with van der Waals surface area (Å²) in [5.41, 5.74) is 4.98. The lowest BCUT2D eigenvalue weighted by molar-refractivity contribution is 0.0517. The van der Waals surface area contributed by atoms with Gasteiger partial charge in [0.2, 0.25) is 0 Å². The van der Waals surface area contributed by atoms with Crippen LogP contribution in [0.1, 0.15) is 35.1 Å². The fourth-order valence-corrected chi connectivity index (χ4v) is 1.67. The van der Waals surface area contributed by atoms with Crippen molar-refractivity contribution in [1.82, 2.24) is 4.98 Å². The predicted octanol–water partition coefficient (Wildman–Crippen LogP) is 2.67. The molecule has 0 spiro atoms. The molecule has 0 aliphatic carbocycles. The van der Waals surface area contributed by atoms with Crippen LogP contribution in [0.3, 0.4) is 0 Å². The summed E-state index contributed by atoms with van der Waals surface area (Å²) in [7, 11) is 0. The Morgan fingerprint density at radius 1 is 1.65 bits per heavy atom. The number of ether oxygens (including phenoxy) is 1. The van der Waals surface area contributed by atoms with Crippen molar-refractivity contribution >= 4 is 27.6 Å². The van der Waals surface area contributed by atoms with Gasteiger partial charge in [0, 0.05) is 5.33 Å². The van der Waals surface area contributed by atoms with Crippen molar-refractivity contribution in [2.45, 2.75) is 18.7 Å². The minimum atomic E-state index is -2.83. The average molecular weight is 309 g/mol. The molecule has 0 fully saturated rings. The molecule has 2 N–H and O–H groups in total. The van der Waals surface area contributed by atoms with E-state index in [1.165, 1.54) is 6.07 Å². The summed E-state index contributed by atoms with van der Waals surface area (Å²) in [6.07, 6.45) is -2.83. The standard InChI is InChI=1S/C10H11BrF2N2O2/c1-2-17-10(16)7-5(4-11)3-6(14)8(15-7)9(12)13/h3,9H,2,4,14H2,1H3. The second-order valence-corrected chi connectivity index (χ2v) is 3.69. The van der Waals surface area contributed by atoms with E-state index in [0.717, 1.165) is 0 Å². The van der Waals surface area contributed by atoms with E-state index in [4.69, 9.17) is 10.5 Å². The number of esters is 1. The summed E-state index contributed by atoms with van der Waals surface area (Å²) in [4.78, 5) is 15.1. The Bertz CT molecular complexity index is 427. The van der Waals surface area contributed by atoms with Gasteiger partial charge in [0.1, 0.15) is 5.69 Å². The van der Waals surface area contributed by atoms with Crippen LogP contribution in [-0.4, -0.2) is 17.6 Å². The quantitative estimate of drug-likeness (QED) is 0.686. The molecule has 0 amide bonds. The maximum atomic E-state index is 12.6. The van der Waals surface area contributed by atoms with Crippen LogP contribution in [0.4, 0.5) is 14.5 Å². The number of carbonyl (C=O) groups is 1. The van der Waals surface area contributed by atoms with E-state index >= 15 is 0 Å². The highest BCUT2D eigenvalue weighted by Crippen LogP contribution is 2.26. The Labute approximate surface area is 105 Å². The summed E-state index contributed by atoms with van der Waals surface area (Å²) in [6, 6.07) is 1.30. The lowest BCUT2D eigenvalue weighted by Crippen LogP contribution is -2.13. The molecule has 1 aromatic heterocycles. The summed E-state index contributed by atoms with van der Waals surface area (Å²) in [5.74, 6) is -0.733. The Kier molecular flexibility index (Phi) is 4.80. The van der Waals surface area contributed by atoms with Crippen LogP contribution < -0.4 is 5.73 Å². The lowest BCUT2D eigenvalue weighted by Gasteiger charge is -2.10. The zero-order valence-corrected chi connectivity index (χ0v) is 10.6. The first-order valence-corrected chi connectivity index (χ1v) is 5.93. The normalized spacial score (nSPS) is 10.6. The van der Waals surface area contributed by atoms with E-state index in [9.17, 15) is 13.6 Å². The van der Waals surface area contributed by atoms with Gasteiger partial charge in [-0.3, -0.25) is 0 Å². The second-order valence-electron chi connectivity index (χ2n) is 3.13. The molecule has 0 unspecified atom stereocenters. The molecule has 0 bridgehead atoms. The molecule has 1 rings (SSSR count). The van der Waals surface area contributed by atoms with Crippen molar-refractivity contribution in [3.8, 4) is 0 Å². The second kappa shape index (κ2) is 5.90. The molecule has 0 aliphatic rings. The summed E-state index contributed by atoms with van der Waals surface area (Å²) in [6.45, 7) is 1.77. The molecule has 4 nitrogen and oxygen atoms in total. The molecule has 0 saturated carbocycles. The van der Waals surface area contributed by atoms with Gasteiger partial charge < -0.3 is 10.5 Å². The number of anilines is 1. The lowest BCUT2D eigenvalue weighted by atomic mass is 10.1. The number of nitrogen functional groups attached to an aromatic ring is 1. The number of nitrogens with zero attached hydrogens (tertiary/aromatic N) is 1. The number of aromatic nitrogens is 1. The van der Waals surface area contributed by atoms with Gasteiger partial charge in [0.15, 0.2) is 5.69 Å². The number of halogens is 3. The largest absolute Gasteiger partial charge is 0.461 e. The van der Waals surface area contributed by atoms with E-state index in [0.29, 0.717) is 5.56 Å². The minimum Gasteiger partial charge on any atom is -0.461 e. The summed E-state index contributed by atoms with van der Waals surface area (Å²) in [5, 5.41) is 0.280. The van der Waals surface area contributed by atoms with Gasteiger partial charge in [-0.1, -0.05) is 15.9 Å². The van der Waals surface area contributed by atoms with E-state index < -0.39 is 18.1 Å². The first-order valence-electron chi connectivity index (χ1n) is 4.81. The fraction of sp³-hybridized carbons (Fsp3) is 0.400. The summed E-state index contributed by atoms with van der Waals surface area (Å²) < 4.78 is 29.9. The third-order valence-electron chi connectivity index (χ3n) is 1.98. The SMILES string of the molecule is CCOC(=O)c1nc(C(F)F)c(N)cc1CBr. The zero-order valence-electron chi connectivity index (χ0n) is 9.04. The van der Waals surface area contributed by atoms with Crippen molar-refractivity contribution < 1.29 is 18.3 Å². The van der Waals surface area contributed by atoms with Crippen molar-refractivity contribution in [3.63, 3.8) is 0 Å². The maximum absolute atomic E-state index is 12.6. The van der Waals surface area contributed by atoms with Crippen LogP contribution in [-0.2, 0) is 10.1 Å². The smallest absolute Gasteiger partial charge is 0.357 e. The average Bonchev–Trinajstić information content (AvgIpc) is 2.28. The fourth-order valence-electron chi connectivity index (χ4n) is 1.24. The van der Waals surface area contributed by atoms with Gasteiger partial charge in [-0.05, 0) is 18.6 Å². The predicted molar refractivity (Wildman–Crippen MR) is 62.2 cm³/mol. The molecular formula is C10H11BrF2N2O2. The Hall–Kier alpha value is -1.24. The molecule has 0 aliphatic heterocycles.